The molecule has 1 aromatic rings. The van der Waals surface area contributed by atoms with Crippen LogP contribution in [0.15, 0.2) is 18.2 Å². The molecule has 1 N–H and O–H groups in total. The van der Waals surface area contributed by atoms with E-state index in [0.717, 1.165) is 19.2 Å². The number of halogens is 3. The van der Waals surface area contributed by atoms with Gasteiger partial charge in [0.15, 0.2) is 0 Å². The molecule has 7 heteroatoms. The minimum Gasteiger partial charge on any atom is -0.492 e. The largest absolute Gasteiger partial charge is 0.492 e. The third kappa shape index (κ3) is 4.59. The van der Waals surface area contributed by atoms with Gasteiger partial charge in [-0.2, -0.15) is 13.2 Å². The molecule has 0 radical (unpaired) electrons. The van der Waals surface area contributed by atoms with Crippen LogP contribution in [-0.4, -0.2) is 49.5 Å². The van der Waals surface area contributed by atoms with Gasteiger partial charge in [-0.1, -0.05) is 6.07 Å². The predicted molar refractivity (Wildman–Crippen MR) is 70.1 cm³/mol. The van der Waals surface area contributed by atoms with E-state index in [-0.39, 0.29) is 17.9 Å². The topological polar surface area (TPSA) is 41.9 Å². The lowest BCUT2D eigenvalue weighted by molar-refractivity contribution is -0.139. The second-order valence-electron chi connectivity index (χ2n) is 4.79. The summed E-state index contributed by atoms with van der Waals surface area (Å²) in [4.78, 5) is 2.08. The molecule has 1 aromatic carbocycles. The quantitative estimate of drug-likeness (QED) is 0.902. The molecule has 1 aliphatic heterocycles. The lowest BCUT2D eigenvalue weighted by Crippen LogP contribution is -2.38. The molecule has 1 fully saturated rings. The van der Waals surface area contributed by atoms with Gasteiger partial charge in [0, 0.05) is 19.6 Å². The van der Waals surface area contributed by atoms with Crippen molar-refractivity contribution >= 4 is 0 Å². The van der Waals surface area contributed by atoms with Gasteiger partial charge in [-0.25, -0.2) is 0 Å². The van der Waals surface area contributed by atoms with E-state index < -0.39 is 18.3 Å². The molecule has 1 aliphatic rings. The van der Waals surface area contributed by atoms with Gasteiger partial charge in [0.25, 0.3) is 0 Å². The molecule has 0 unspecified atom stereocenters. The highest BCUT2D eigenvalue weighted by molar-refractivity contribution is 5.39. The lowest BCUT2D eigenvalue weighted by Gasteiger charge is -2.26. The van der Waals surface area contributed by atoms with Crippen molar-refractivity contribution in [3.63, 3.8) is 0 Å². The summed E-state index contributed by atoms with van der Waals surface area (Å²) in [5.41, 5.74) is -0.640. The average molecular weight is 305 g/mol. The molecule has 0 bridgehead atoms. The molecule has 0 atom stereocenters. The number of rotatable bonds is 5. The Labute approximate surface area is 121 Å². The monoisotopic (exact) mass is 305 g/mol. The summed E-state index contributed by atoms with van der Waals surface area (Å²) in [6.07, 6.45) is -4.50. The van der Waals surface area contributed by atoms with Gasteiger partial charge in [0.05, 0.1) is 25.4 Å². The molecule has 118 valence electrons. The Bertz CT molecular complexity index is 459. The van der Waals surface area contributed by atoms with Crippen LogP contribution in [-0.2, 0) is 17.5 Å². The number of nitrogens with zero attached hydrogens (tertiary/aromatic N) is 1. The van der Waals surface area contributed by atoms with Crippen LogP contribution in [0.1, 0.15) is 11.1 Å². The highest BCUT2D eigenvalue weighted by Gasteiger charge is 2.34. The van der Waals surface area contributed by atoms with Crippen molar-refractivity contribution in [2.45, 2.75) is 12.8 Å². The number of hydrogen-bond acceptors (Lipinski definition) is 4. The molecular formula is C14H18F3NO3. The maximum atomic E-state index is 13.0. The van der Waals surface area contributed by atoms with Crippen LogP contribution in [0.5, 0.6) is 5.75 Å². The van der Waals surface area contributed by atoms with E-state index in [4.69, 9.17) is 14.6 Å². The van der Waals surface area contributed by atoms with E-state index in [9.17, 15) is 13.2 Å². The van der Waals surface area contributed by atoms with Crippen molar-refractivity contribution in [2.75, 3.05) is 39.5 Å². The van der Waals surface area contributed by atoms with Gasteiger partial charge >= 0.3 is 6.18 Å². The van der Waals surface area contributed by atoms with Gasteiger partial charge in [0.1, 0.15) is 12.4 Å². The Morgan fingerprint density at radius 1 is 1.24 bits per heavy atom. The fourth-order valence-corrected chi connectivity index (χ4v) is 2.13. The predicted octanol–water partition coefficient (Wildman–Crippen LogP) is 1.91. The number of morpholine rings is 1. The fraction of sp³-hybridized carbons (Fsp3) is 0.571. The molecule has 1 saturated heterocycles. The summed E-state index contributed by atoms with van der Waals surface area (Å²) in [6, 6.07) is 3.61. The van der Waals surface area contributed by atoms with Crippen molar-refractivity contribution in [1.82, 2.24) is 4.90 Å². The summed E-state index contributed by atoms with van der Waals surface area (Å²) in [7, 11) is 0. The number of ether oxygens (including phenoxy) is 2. The van der Waals surface area contributed by atoms with E-state index in [0.29, 0.717) is 19.8 Å². The van der Waals surface area contributed by atoms with Crippen LogP contribution in [0, 0.1) is 0 Å². The summed E-state index contributed by atoms with van der Waals surface area (Å²) in [6.45, 7) is 3.11. The third-order valence-electron chi connectivity index (χ3n) is 3.30. The molecule has 0 spiro atoms. The molecule has 0 aromatic heterocycles. The third-order valence-corrected chi connectivity index (χ3v) is 3.30. The number of aliphatic hydroxyl groups excluding tert-OH is 1. The first-order valence-electron chi connectivity index (χ1n) is 6.74. The van der Waals surface area contributed by atoms with Gasteiger partial charge in [-0.15, -0.1) is 0 Å². The molecule has 0 amide bonds. The van der Waals surface area contributed by atoms with E-state index in [1.165, 1.54) is 12.1 Å². The SMILES string of the molecule is OCc1ccc(OCCN2CCOCC2)c(C(F)(F)F)c1. The zero-order valence-corrected chi connectivity index (χ0v) is 11.5. The number of benzene rings is 1. The van der Waals surface area contributed by atoms with E-state index in [1.807, 2.05) is 0 Å². The summed E-state index contributed by atoms with van der Waals surface area (Å²) >= 11 is 0. The summed E-state index contributed by atoms with van der Waals surface area (Å²) in [5.74, 6) is -0.201. The first-order chi connectivity index (χ1) is 10.0. The first-order valence-corrected chi connectivity index (χ1v) is 6.74. The fourth-order valence-electron chi connectivity index (χ4n) is 2.13. The van der Waals surface area contributed by atoms with Crippen molar-refractivity contribution in [3.05, 3.63) is 29.3 Å². The number of alkyl halides is 3. The Morgan fingerprint density at radius 2 is 1.95 bits per heavy atom. The molecule has 0 aliphatic carbocycles. The van der Waals surface area contributed by atoms with Gasteiger partial charge in [0.2, 0.25) is 0 Å². The van der Waals surface area contributed by atoms with Crippen LogP contribution in [0.25, 0.3) is 0 Å². The number of aliphatic hydroxyl groups is 1. The number of hydrogen-bond donors (Lipinski definition) is 1. The maximum absolute atomic E-state index is 13.0. The van der Waals surface area contributed by atoms with Crippen LogP contribution < -0.4 is 4.74 Å². The summed E-state index contributed by atoms with van der Waals surface area (Å²) < 4.78 is 49.4. The van der Waals surface area contributed by atoms with E-state index >= 15 is 0 Å². The maximum Gasteiger partial charge on any atom is 0.419 e. The molecule has 21 heavy (non-hydrogen) atoms. The lowest BCUT2D eigenvalue weighted by atomic mass is 10.1. The Morgan fingerprint density at radius 3 is 2.57 bits per heavy atom. The highest BCUT2D eigenvalue weighted by atomic mass is 19.4. The van der Waals surface area contributed by atoms with Gasteiger partial charge in [-0.05, 0) is 17.7 Å². The second-order valence-corrected chi connectivity index (χ2v) is 4.79. The Balaban J connectivity index is 1.98. The van der Waals surface area contributed by atoms with Crippen LogP contribution in [0.3, 0.4) is 0 Å². The standard InChI is InChI=1S/C14H18F3NO3/c15-14(16,17)12-9-11(10-19)1-2-13(12)21-8-5-18-3-6-20-7-4-18/h1-2,9,19H,3-8,10H2. The van der Waals surface area contributed by atoms with Crippen LogP contribution >= 0.6 is 0 Å². The average Bonchev–Trinajstić information content (AvgIpc) is 2.47. The van der Waals surface area contributed by atoms with Crippen LogP contribution in [0.4, 0.5) is 13.2 Å². The second kappa shape index (κ2) is 7.11. The van der Waals surface area contributed by atoms with Crippen LogP contribution in [0.2, 0.25) is 0 Å². The zero-order chi connectivity index (χ0) is 15.3. The molecule has 1 heterocycles. The zero-order valence-electron chi connectivity index (χ0n) is 11.5. The van der Waals surface area contributed by atoms with Crippen molar-refractivity contribution in [3.8, 4) is 5.75 Å². The molecular weight excluding hydrogens is 287 g/mol. The Hall–Kier alpha value is -1.31. The highest BCUT2D eigenvalue weighted by Crippen LogP contribution is 2.36. The van der Waals surface area contributed by atoms with Gasteiger partial charge < -0.3 is 14.6 Å². The molecule has 4 nitrogen and oxygen atoms in total. The minimum absolute atomic E-state index is 0.182. The molecule has 2 rings (SSSR count). The Kier molecular flexibility index (Phi) is 5.44. The van der Waals surface area contributed by atoms with Crippen molar-refractivity contribution in [1.29, 1.82) is 0 Å². The smallest absolute Gasteiger partial charge is 0.419 e. The normalized spacial score (nSPS) is 17.0. The van der Waals surface area contributed by atoms with Crippen molar-refractivity contribution < 1.29 is 27.8 Å². The van der Waals surface area contributed by atoms with E-state index in [2.05, 4.69) is 4.90 Å². The molecule has 0 saturated carbocycles. The van der Waals surface area contributed by atoms with Gasteiger partial charge in [-0.3, -0.25) is 4.90 Å². The minimum atomic E-state index is -4.50. The van der Waals surface area contributed by atoms with E-state index in [1.54, 1.807) is 0 Å². The van der Waals surface area contributed by atoms with Crippen molar-refractivity contribution in [2.24, 2.45) is 0 Å². The summed E-state index contributed by atoms with van der Waals surface area (Å²) in [5, 5.41) is 8.94. The first kappa shape index (κ1) is 16.1.